The molecule has 1 amide bonds. The van der Waals surface area contributed by atoms with E-state index in [1.165, 1.54) is 0 Å². The molecular formula is C5H12N4O. The molecule has 0 radical (unpaired) electrons. The molecule has 5 N–H and O–H groups in total. The molecule has 2 unspecified atom stereocenters. The van der Waals surface area contributed by atoms with Crippen molar-refractivity contribution in [2.75, 3.05) is 7.05 Å². The Labute approximate surface area is 59.3 Å². The maximum absolute atomic E-state index is 10.8. The van der Waals surface area contributed by atoms with E-state index in [4.69, 9.17) is 5.73 Å². The van der Waals surface area contributed by atoms with Crippen molar-refractivity contribution >= 4 is 5.91 Å². The molecule has 58 valence electrons. The highest BCUT2D eigenvalue weighted by Gasteiger charge is 2.20. The number of hydrogen-bond acceptors (Lipinski definition) is 4. The molecule has 0 aromatic heterocycles. The van der Waals surface area contributed by atoms with Gasteiger partial charge in [-0.3, -0.25) is 15.4 Å². The first-order valence-electron chi connectivity index (χ1n) is 3.20. The number of amides is 1. The highest BCUT2D eigenvalue weighted by Crippen LogP contribution is 1.91. The topological polar surface area (TPSA) is 79.2 Å². The Kier molecular flexibility index (Phi) is 2.21. The largest absolute Gasteiger partial charge is 0.328 e. The Hall–Kier alpha value is -0.650. The summed E-state index contributed by atoms with van der Waals surface area (Å²) in [6, 6.07) is 0. The minimum atomic E-state index is -0.230. The Balaban J connectivity index is 2.42. The van der Waals surface area contributed by atoms with Crippen LogP contribution in [-0.4, -0.2) is 25.4 Å². The van der Waals surface area contributed by atoms with E-state index in [1.54, 1.807) is 7.05 Å². The molecule has 1 saturated heterocycles. The summed E-state index contributed by atoms with van der Waals surface area (Å²) >= 11 is 0. The van der Waals surface area contributed by atoms with Gasteiger partial charge in [0.2, 0.25) is 5.91 Å². The third-order valence-corrected chi connectivity index (χ3v) is 1.38. The summed E-state index contributed by atoms with van der Waals surface area (Å²) in [4.78, 5) is 10.8. The summed E-state index contributed by atoms with van der Waals surface area (Å²) in [5, 5.41) is 8.43. The molecule has 10 heavy (non-hydrogen) atoms. The zero-order chi connectivity index (χ0) is 7.56. The molecule has 0 bridgehead atoms. The minimum Gasteiger partial charge on any atom is -0.328 e. The third kappa shape index (κ3) is 1.66. The van der Waals surface area contributed by atoms with Gasteiger partial charge in [0.1, 0.15) is 6.29 Å². The van der Waals surface area contributed by atoms with E-state index in [2.05, 4.69) is 16.0 Å². The fourth-order valence-electron chi connectivity index (χ4n) is 0.890. The minimum absolute atomic E-state index is 0.0226. The molecule has 1 aliphatic heterocycles. The lowest BCUT2D eigenvalue weighted by Gasteiger charge is -2.28. The predicted octanol–water partition coefficient (Wildman–Crippen LogP) is -2.12. The van der Waals surface area contributed by atoms with Gasteiger partial charge in [-0.15, -0.1) is 0 Å². The van der Waals surface area contributed by atoms with Crippen molar-refractivity contribution in [3.63, 3.8) is 0 Å². The standard InChI is InChI=1S/C5H12N4O/c1-7-5-8-3(6)2-4(10)9-5/h3,5,7-8H,2,6H2,1H3,(H,9,10). The number of nitrogens with one attached hydrogen (secondary N) is 3. The average molecular weight is 144 g/mol. The summed E-state index contributed by atoms with van der Waals surface area (Å²) in [7, 11) is 1.75. The van der Waals surface area contributed by atoms with Crippen molar-refractivity contribution in [2.24, 2.45) is 5.73 Å². The van der Waals surface area contributed by atoms with Gasteiger partial charge in [-0.1, -0.05) is 0 Å². The number of carbonyl (C=O) groups excluding carboxylic acids is 1. The first kappa shape index (κ1) is 7.46. The normalized spacial score (nSPS) is 33.6. The molecule has 2 atom stereocenters. The molecule has 1 rings (SSSR count). The van der Waals surface area contributed by atoms with Gasteiger partial charge in [-0.2, -0.15) is 0 Å². The molecule has 1 fully saturated rings. The number of hydrogen-bond donors (Lipinski definition) is 4. The Bertz CT molecular complexity index is 138. The molecule has 5 heteroatoms. The van der Waals surface area contributed by atoms with Gasteiger partial charge in [-0.05, 0) is 7.05 Å². The van der Waals surface area contributed by atoms with E-state index in [9.17, 15) is 4.79 Å². The van der Waals surface area contributed by atoms with Crippen molar-refractivity contribution in [1.29, 1.82) is 0 Å². The molecule has 0 aromatic carbocycles. The maximum Gasteiger partial charge on any atom is 0.225 e. The van der Waals surface area contributed by atoms with Crippen LogP contribution < -0.4 is 21.7 Å². The van der Waals surface area contributed by atoms with Crippen LogP contribution in [-0.2, 0) is 4.79 Å². The zero-order valence-corrected chi connectivity index (χ0v) is 5.85. The summed E-state index contributed by atoms with van der Waals surface area (Å²) < 4.78 is 0. The van der Waals surface area contributed by atoms with Crippen molar-refractivity contribution in [1.82, 2.24) is 16.0 Å². The van der Waals surface area contributed by atoms with Crippen LogP contribution in [0.5, 0.6) is 0 Å². The van der Waals surface area contributed by atoms with Crippen molar-refractivity contribution in [3.05, 3.63) is 0 Å². The van der Waals surface area contributed by atoms with Gasteiger partial charge in [0.15, 0.2) is 0 Å². The van der Waals surface area contributed by atoms with Gasteiger partial charge in [0, 0.05) is 0 Å². The van der Waals surface area contributed by atoms with E-state index < -0.39 is 0 Å². The molecule has 0 aliphatic carbocycles. The maximum atomic E-state index is 10.8. The first-order chi connectivity index (χ1) is 4.72. The fourth-order valence-corrected chi connectivity index (χ4v) is 0.890. The molecule has 0 spiro atoms. The van der Waals surface area contributed by atoms with Gasteiger partial charge < -0.3 is 11.1 Å². The number of carbonyl (C=O) groups is 1. The summed E-state index contributed by atoms with van der Waals surface area (Å²) in [6.45, 7) is 0. The Morgan fingerprint density at radius 1 is 1.80 bits per heavy atom. The zero-order valence-electron chi connectivity index (χ0n) is 5.85. The Morgan fingerprint density at radius 3 is 3.00 bits per heavy atom. The van der Waals surface area contributed by atoms with Crippen LogP contribution in [0.3, 0.4) is 0 Å². The SMILES string of the molecule is CNC1NC(=O)CC(N)N1. The van der Waals surface area contributed by atoms with Gasteiger partial charge >= 0.3 is 0 Å². The average Bonchev–Trinajstić information content (AvgIpc) is 1.85. The van der Waals surface area contributed by atoms with Crippen LogP contribution >= 0.6 is 0 Å². The monoisotopic (exact) mass is 144 g/mol. The van der Waals surface area contributed by atoms with Crippen LogP contribution in [0, 0.1) is 0 Å². The lowest BCUT2D eigenvalue weighted by atomic mass is 10.3. The van der Waals surface area contributed by atoms with Crippen LogP contribution in [0.15, 0.2) is 0 Å². The number of nitrogens with two attached hydrogens (primary N) is 1. The van der Waals surface area contributed by atoms with Gasteiger partial charge in [-0.25, -0.2) is 0 Å². The molecular weight excluding hydrogens is 132 g/mol. The smallest absolute Gasteiger partial charge is 0.225 e. The second-order valence-corrected chi connectivity index (χ2v) is 2.27. The van der Waals surface area contributed by atoms with Crippen molar-refractivity contribution in [2.45, 2.75) is 18.9 Å². The molecule has 0 saturated carbocycles. The van der Waals surface area contributed by atoms with E-state index in [1.807, 2.05) is 0 Å². The third-order valence-electron chi connectivity index (χ3n) is 1.38. The second-order valence-electron chi connectivity index (χ2n) is 2.27. The highest BCUT2D eigenvalue weighted by molar-refractivity contribution is 5.77. The summed E-state index contributed by atoms with van der Waals surface area (Å²) in [6.07, 6.45) is -0.0690. The fraction of sp³-hybridized carbons (Fsp3) is 0.800. The lowest BCUT2D eigenvalue weighted by Crippen LogP contribution is -2.64. The summed E-state index contributed by atoms with van der Waals surface area (Å²) in [5.41, 5.74) is 5.48. The molecule has 1 heterocycles. The number of rotatable bonds is 1. The van der Waals surface area contributed by atoms with Crippen LogP contribution in [0.2, 0.25) is 0 Å². The van der Waals surface area contributed by atoms with Crippen LogP contribution in [0.25, 0.3) is 0 Å². The van der Waals surface area contributed by atoms with Crippen molar-refractivity contribution < 1.29 is 4.79 Å². The highest BCUT2D eigenvalue weighted by atomic mass is 16.2. The van der Waals surface area contributed by atoms with Crippen LogP contribution in [0.1, 0.15) is 6.42 Å². The predicted molar refractivity (Wildman–Crippen MR) is 36.7 cm³/mol. The summed E-state index contributed by atoms with van der Waals surface area (Å²) in [5.74, 6) is -0.0226. The molecule has 1 aliphatic rings. The van der Waals surface area contributed by atoms with E-state index in [0.29, 0.717) is 6.42 Å². The van der Waals surface area contributed by atoms with Gasteiger partial charge in [0.05, 0.1) is 12.6 Å². The van der Waals surface area contributed by atoms with Gasteiger partial charge in [0.25, 0.3) is 0 Å². The molecule has 0 aromatic rings. The first-order valence-corrected chi connectivity index (χ1v) is 3.20. The lowest BCUT2D eigenvalue weighted by molar-refractivity contribution is -0.124. The van der Waals surface area contributed by atoms with Crippen molar-refractivity contribution in [3.8, 4) is 0 Å². The quantitative estimate of drug-likeness (QED) is 0.339. The van der Waals surface area contributed by atoms with E-state index >= 15 is 0 Å². The second kappa shape index (κ2) is 2.96. The van der Waals surface area contributed by atoms with E-state index in [0.717, 1.165) is 0 Å². The Morgan fingerprint density at radius 2 is 2.50 bits per heavy atom. The van der Waals surface area contributed by atoms with Crippen LogP contribution in [0.4, 0.5) is 0 Å². The van der Waals surface area contributed by atoms with E-state index in [-0.39, 0.29) is 18.4 Å². The molecule has 5 nitrogen and oxygen atoms in total.